The Bertz CT molecular complexity index is 279. The van der Waals surface area contributed by atoms with E-state index < -0.39 is 18.6 Å². The topological polar surface area (TPSA) is 43.8 Å². The number of nitrogens with zero attached hydrogens (tertiary/aromatic N) is 2. The van der Waals surface area contributed by atoms with Gasteiger partial charge in [-0.05, 0) is 6.07 Å². The highest BCUT2D eigenvalue weighted by atomic mass is 19.4. The largest absolute Gasteiger partial charge is 0.390 e. The zero-order chi connectivity index (χ0) is 10.1. The molecule has 1 atom stereocenters. The molecular weight excluding hydrogens is 183 g/mol. The SMILES string of the molecule is Cn1nccc1[C@@H](N)CC(F)(F)F. The fourth-order valence-electron chi connectivity index (χ4n) is 1.10. The van der Waals surface area contributed by atoms with Crippen LogP contribution in [0.3, 0.4) is 0 Å². The third-order valence-electron chi connectivity index (χ3n) is 1.69. The van der Waals surface area contributed by atoms with Gasteiger partial charge in [0, 0.05) is 13.2 Å². The molecule has 0 fully saturated rings. The van der Waals surface area contributed by atoms with Crippen molar-refractivity contribution in [3.63, 3.8) is 0 Å². The highest BCUT2D eigenvalue weighted by molar-refractivity contribution is 5.05. The van der Waals surface area contributed by atoms with Gasteiger partial charge in [0.25, 0.3) is 0 Å². The summed E-state index contributed by atoms with van der Waals surface area (Å²) in [7, 11) is 1.56. The molecule has 0 aliphatic rings. The minimum absolute atomic E-state index is 0.386. The minimum Gasteiger partial charge on any atom is -0.322 e. The molecule has 0 unspecified atom stereocenters. The van der Waals surface area contributed by atoms with Gasteiger partial charge < -0.3 is 5.73 Å². The molecule has 0 amide bonds. The van der Waals surface area contributed by atoms with E-state index in [9.17, 15) is 13.2 Å². The van der Waals surface area contributed by atoms with E-state index in [0.29, 0.717) is 5.69 Å². The first kappa shape index (κ1) is 10.0. The van der Waals surface area contributed by atoms with Crippen molar-refractivity contribution in [2.75, 3.05) is 0 Å². The Balaban J connectivity index is 2.69. The zero-order valence-corrected chi connectivity index (χ0v) is 7.04. The summed E-state index contributed by atoms with van der Waals surface area (Å²) in [5, 5.41) is 3.74. The molecule has 1 rings (SSSR count). The molecule has 13 heavy (non-hydrogen) atoms. The number of hydrogen-bond donors (Lipinski definition) is 1. The van der Waals surface area contributed by atoms with Crippen LogP contribution >= 0.6 is 0 Å². The Morgan fingerprint density at radius 2 is 2.23 bits per heavy atom. The van der Waals surface area contributed by atoms with Crippen molar-refractivity contribution in [1.29, 1.82) is 0 Å². The number of hydrogen-bond acceptors (Lipinski definition) is 2. The normalized spacial score (nSPS) is 14.5. The predicted molar refractivity (Wildman–Crippen MR) is 40.8 cm³/mol. The van der Waals surface area contributed by atoms with Crippen LogP contribution in [0.5, 0.6) is 0 Å². The van der Waals surface area contributed by atoms with Crippen LogP contribution < -0.4 is 5.73 Å². The second kappa shape index (κ2) is 3.37. The van der Waals surface area contributed by atoms with Gasteiger partial charge >= 0.3 is 6.18 Å². The lowest BCUT2D eigenvalue weighted by atomic mass is 10.1. The van der Waals surface area contributed by atoms with Crippen LogP contribution in [-0.2, 0) is 7.05 Å². The monoisotopic (exact) mass is 193 g/mol. The zero-order valence-electron chi connectivity index (χ0n) is 7.04. The van der Waals surface area contributed by atoms with Crippen molar-refractivity contribution in [2.45, 2.75) is 18.6 Å². The first-order chi connectivity index (χ1) is 5.90. The molecule has 0 aliphatic heterocycles. The average molecular weight is 193 g/mol. The lowest BCUT2D eigenvalue weighted by molar-refractivity contribution is -0.138. The van der Waals surface area contributed by atoms with Crippen molar-refractivity contribution >= 4 is 0 Å². The molecule has 1 aromatic heterocycles. The minimum atomic E-state index is -4.23. The van der Waals surface area contributed by atoms with Gasteiger partial charge in [-0.2, -0.15) is 18.3 Å². The van der Waals surface area contributed by atoms with E-state index in [1.807, 2.05) is 0 Å². The number of nitrogens with two attached hydrogens (primary N) is 1. The molecule has 0 saturated heterocycles. The molecular formula is C7H10F3N3. The number of alkyl halides is 3. The average Bonchev–Trinajstić information content (AvgIpc) is 2.30. The van der Waals surface area contributed by atoms with E-state index in [1.54, 1.807) is 7.05 Å². The quantitative estimate of drug-likeness (QED) is 0.770. The molecule has 0 spiro atoms. The summed E-state index contributed by atoms with van der Waals surface area (Å²) in [5.41, 5.74) is 5.73. The molecule has 0 radical (unpaired) electrons. The fraction of sp³-hybridized carbons (Fsp3) is 0.571. The van der Waals surface area contributed by atoms with Crippen molar-refractivity contribution in [3.8, 4) is 0 Å². The van der Waals surface area contributed by atoms with Gasteiger partial charge in [-0.1, -0.05) is 0 Å². The summed E-state index contributed by atoms with van der Waals surface area (Å²) in [6.07, 6.45) is -3.83. The Labute approximate surface area is 73.3 Å². The molecule has 6 heteroatoms. The van der Waals surface area contributed by atoms with Crippen molar-refractivity contribution < 1.29 is 13.2 Å². The molecule has 0 aliphatic carbocycles. The lowest BCUT2D eigenvalue weighted by Crippen LogP contribution is -2.22. The molecule has 3 nitrogen and oxygen atoms in total. The maximum atomic E-state index is 11.9. The first-order valence-electron chi connectivity index (χ1n) is 3.70. The van der Waals surface area contributed by atoms with Crippen LogP contribution in [0.15, 0.2) is 12.3 Å². The third kappa shape index (κ3) is 2.73. The van der Waals surface area contributed by atoms with E-state index in [2.05, 4.69) is 5.10 Å². The second-order valence-corrected chi connectivity index (χ2v) is 2.81. The van der Waals surface area contributed by atoms with Crippen LogP contribution in [0, 0.1) is 0 Å². The maximum absolute atomic E-state index is 11.9. The van der Waals surface area contributed by atoms with E-state index >= 15 is 0 Å². The number of rotatable bonds is 2. The maximum Gasteiger partial charge on any atom is 0.390 e. The first-order valence-corrected chi connectivity index (χ1v) is 3.70. The lowest BCUT2D eigenvalue weighted by Gasteiger charge is -2.13. The Hall–Kier alpha value is -1.04. The summed E-state index contributed by atoms with van der Waals surface area (Å²) in [6, 6.07) is 0.448. The molecule has 2 N–H and O–H groups in total. The van der Waals surface area contributed by atoms with Gasteiger partial charge in [0.15, 0.2) is 0 Å². The van der Waals surface area contributed by atoms with Crippen LogP contribution in [0.1, 0.15) is 18.2 Å². The van der Waals surface area contributed by atoms with Gasteiger partial charge in [-0.3, -0.25) is 4.68 Å². The van der Waals surface area contributed by atoms with Crippen LogP contribution in [0.25, 0.3) is 0 Å². The summed E-state index contributed by atoms with van der Waals surface area (Å²) in [4.78, 5) is 0. The van der Waals surface area contributed by atoms with Gasteiger partial charge in [-0.25, -0.2) is 0 Å². The summed E-state index contributed by atoms with van der Waals surface area (Å²) in [6.45, 7) is 0. The Morgan fingerprint density at radius 1 is 1.62 bits per heavy atom. The van der Waals surface area contributed by atoms with Crippen LogP contribution in [0.4, 0.5) is 13.2 Å². The highest BCUT2D eigenvalue weighted by Crippen LogP contribution is 2.27. The van der Waals surface area contributed by atoms with E-state index in [1.165, 1.54) is 16.9 Å². The second-order valence-electron chi connectivity index (χ2n) is 2.81. The molecule has 1 heterocycles. The standard InChI is InChI=1S/C7H10F3N3/c1-13-6(2-3-12-13)5(11)4-7(8,9)10/h2-3,5H,4,11H2,1H3/t5-/m0/s1. The van der Waals surface area contributed by atoms with E-state index in [-0.39, 0.29) is 0 Å². The van der Waals surface area contributed by atoms with Crippen molar-refractivity contribution in [2.24, 2.45) is 12.8 Å². The number of halogens is 3. The van der Waals surface area contributed by atoms with Gasteiger partial charge in [0.1, 0.15) is 0 Å². The van der Waals surface area contributed by atoms with Gasteiger partial charge in [0.05, 0.1) is 18.2 Å². The van der Waals surface area contributed by atoms with Crippen LogP contribution in [-0.4, -0.2) is 16.0 Å². The molecule has 1 aromatic rings. The third-order valence-corrected chi connectivity index (χ3v) is 1.69. The number of aromatic nitrogens is 2. The summed E-state index contributed by atoms with van der Waals surface area (Å²) < 4.78 is 37.1. The highest BCUT2D eigenvalue weighted by Gasteiger charge is 2.31. The molecule has 0 aromatic carbocycles. The Morgan fingerprint density at radius 3 is 2.62 bits per heavy atom. The predicted octanol–water partition coefficient (Wildman–Crippen LogP) is 1.37. The van der Waals surface area contributed by atoms with Crippen molar-refractivity contribution in [1.82, 2.24) is 9.78 Å². The molecule has 74 valence electrons. The number of aryl methyl sites for hydroxylation is 1. The van der Waals surface area contributed by atoms with Gasteiger partial charge in [0.2, 0.25) is 0 Å². The molecule has 0 bridgehead atoms. The smallest absolute Gasteiger partial charge is 0.322 e. The molecule has 0 saturated carbocycles. The van der Waals surface area contributed by atoms with E-state index in [0.717, 1.165) is 0 Å². The summed E-state index contributed by atoms with van der Waals surface area (Å²) in [5.74, 6) is 0. The van der Waals surface area contributed by atoms with E-state index in [4.69, 9.17) is 5.73 Å². The Kier molecular flexibility index (Phi) is 2.60. The van der Waals surface area contributed by atoms with Gasteiger partial charge in [-0.15, -0.1) is 0 Å². The van der Waals surface area contributed by atoms with Crippen molar-refractivity contribution in [3.05, 3.63) is 18.0 Å². The summed E-state index contributed by atoms with van der Waals surface area (Å²) >= 11 is 0. The fourth-order valence-corrected chi connectivity index (χ4v) is 1.10. The van der Waals surface area contributed by atoms with Crippen LogP contribution in [0.2, 0.25) is 0 Å².